The summed E-state index contributed by atoms with van der Waals surface area (Å²) in [6, 6.07) is 5.82. The van der Waals surface area contributed by atoms with E-state index in [0.717, 1.165) is 11.8 Å². The molecule has 1 aliphatic heterocycles. The second-order valence-corrected chi connectivity index (χ2v) is 8.25. The van der Waals surface area contributed by atoms with Crippen LogP contribution in [0.5, 0.6) is 0 Å². The molecule has 0 radical (unpaired) electrons. The number of hydrogen-bond acceptors (Lipinski definition) is 5. The molecule has 1 heterocycles. The minimum atomic E-state index is -1.20. The molecule has 26 heavy (non-hydrogen) atoms. The predicted molar refractivity (Wildman–Crippen MR) is 99.3 cm³/mol. The average Bonchev–Trinajstić information content (AvgIpc) is 2.96. The van der Waals surface area contributed by atoms with Crippen LogP contribution in [-0.4, -0.2) is 50.3 Å². The molecule has 1 aliphatic rings. The molecule has 0 aromatic heterocycles. The van der Waals surface area contributed by atoms with Crippen LogP contribution in [0.4, 0.5) is 4.79 Å². The van der Waals surface area contributed by atoms with E-state index < -0.39 is 21.7 Å². The topological polar surface area (TPSA) is 88.5 Å². The van der Waals surface area contributed by atoms with Crippen molar-refractivity contribution in [2.45, 2.75) is 44.4 Å². The first-order chi connectivity index (χ1) is 12.2. The Morgan fingerprint density at radius 3 is 2.35 bits per heavy atom. The molecule has 140 valence electrons. The highest BCUT2D eigenvalue weighted by Crippen LogP contribution is 2.31. The second-order valence-electron chi connectivity index (χ2n) is 6.43. The highest BCUT2D eigenvalue weighted by Gasteiger charge is 2.53. The van der Waals surface area contributed by atoms with E-state index in [9.17, 15) is 24.3 Å². The van der Waals surface area contributed by atoms with Gasteiger partial charge in [-0.25, -0.2) is 4.79 Å². The van der Waals surface area contributed by atoms with Gasteiger partial charge in [0.15, 0.2) is 10.9 Å². The van der Waals surface area contributed by atoms with Crippen LogP contribution in [0.15, 0.2) is 24.3 Å². The van der Waals surface area contributed by atoms with E-state index in [1.54, 1.807) is 19.1 Å². The normalized spacial score (nSPS) is 23.4. The molecule has 2 unspecified atom stereocenters. The predicted octanol–water partition coefficient (Wildman–Crippen LogP) is 3.76. The monoisotopic (exact) mass is 398 g/mol. The summed E-state index contributed by atoms with van der Waals surface area (Å²) >= 11 is 6.59. The molecule has 1 N–H and O–H groups in total. The Kier molecular flexibility index (Phi) is 6.60. The highest BCUT2D eigenvalue weighted by atomic mass is 35.5. The van der Waals surface area contributed by atoms with Crippen LogP contribution in [0.3, 0.4) is 0 Å². The summed E-state index contributed by atoms with van der Waals surface area (Å²) in [7, 11) is 0. The van der Waals surface area contributed by atoms with Gasteiger partial charge < -0.3 is 5.11 Å². The third-order valence-corrected chi connectivity index (χ3v) is 6.01. The van der Waals surface area contributed by atoms with Crippen LogP contribution in [0, 0.1) is 0 Å². The molecular weight excluding hydrogens is 378 g/mol. The Balaban J connectivity index is 2.28. The molecule has 1 aromatic carbocycles. The zero-order valence-corrected chi connectivity index (χ0v) is 16.2. The lowest BCUT2D eigenvalue weighted by Crippen LogP contribution is -2.59. The van der Waals surface area contributed by atoms with Gasteiger partial charge in [0.2, 0.25) is 0 Å². The summed E-state index contributed by atoms with van der Waals surface area (Å²) < 4.78 is -0.678. The largest absolute Gasteiger partial charge is 0.521 e. The molecule has 3 atom stereocenters. The maximum absolute atomic E-state index is 12.9. The van der Waals surface area contributed by atoms with Crippen LogP contribution < -0.4 is 0 Å². The number of imide groups is 1. The summed E-state index contributed by atoms with van der Waals surface area (Å²) in [5.74, 6) is -0.922. The number of Topliss-reactive ketones (excluding diaryl/α,β-unsaturated/α-hetero) is 1. The Hall–Kier alpha value is -1.70. The summed E-state index contributed by atoms with van der Waals surface area (Å²) in [5, 5.41) is 8.87. The molecule has 0 aliphatic carbocycles. The number of quaternary nitrogens is 1. The van der Waals surface area contributed by atoms with Crippen LogP contribution in [0.1, 0.15) is 43.5 Å². The molecule has 2 amide bonds. The minimum Gasteiger partial charge on any atom is -0.435 e. The molecule has 1 aromatic rings. The molecular formula is C18H21ClNO5S+. The van der Waals surface area contributed by atoms with Gasteiger partial charge in [-0.1, -0.05) is 23.4 Å². The first-order valence-electron chi connectivity index (χ1n) is 8.30. The summed E-state index contributed by atoms with van der Waals surface area (Å²) in [5.41, 5.74) is 0.331. The molecule has 8 heteroatoms. The van der Waals surface area contributed by atoms with E-state index in [2.05, 4.69) is 0 Å². The quantitative estimate of drug-likeness (QED) is 0.600. The molecule has 1 saturated heterocycles. The zero-order chi connectivity index (χ0) is 19.5. The van der Waals surface area contributed by atoms with Crippen molar-refractivity contribution in [3.05, 3.63) is 34.9 Å². The summed E-state index contributed by atoms with van der Waals surface area (Å²) in [6.45, 7) is 3.26. The molecule has 1 fully saturated rings. The van der Waals surface area contributed by atoms with E-state index in [1.807, 2.05) is 0 Å². The molecule has 2 rings (SSSR count). The number of amides is 2. The summed E-state index contributed by atoms with van der Waals surface area (Å²) in [4.78, 5) is 49.1. The first-order valence-corrected chi connectivity index (χ1v) is 9.56. The van der Waals surface area contributed by atoms with E-state index >= 15 is 0 Å². The van der Waals surface area contributed by atoms with Crippen molar-refractivity contribution in [1.29, 1.82) is 0 Å². The fourth-order valence-corrected chi connectivity index (χ4v) is 4.34. The number of carbonyl (C=O) groups is 4. The maximum atomic E-state index is 12.9. The van der Waals surface area contributed by atoms with Gasteiger partial charge >= 0.3 is 12.0 Å². The number of likely N-dealkylation sites (tertiary alicyclic amines) is 1. The molecule has 0 spiro atoms. The van der Waals surface area contributed by atoms with Crippen molar-refractivity contribution in [1.82, 2.24) is 0 Å². The van der Waals surface area contributed by atoms with Gasteiger partial charge in [0.05, 0.1) is 18.2 Å². The van der Waals surface area contributed by atoms with Crippen LogP contribution >= 0.6 is 23.4 Å². The SMILES string of the molecule is CC(=O)SC(CC(=O)[N+]1(C(=O)O)CCC[C@H]1C)C(=O)c1ccc(Cl)cc1. The lowest BCUT2D eigenvalue weighted by molar-refractivity contribution is -0.792. The number of thioether (sulfide) groups is 1. The van der Waals surface area contributed by atoms with E-state index in [1.165, 1.54) is 19.1 Å². The van der Waals surface area contributed by atoms with Gasteiger partial charge in [0.1, 0.15) is 6.04 Å². The molecule has 6 nitrogen and oxygen atoms in total. The Labute approximate surface area is 161 Å². The summed E-state index contributed by atoms with van der Waals surface area (Å²) in [6.07, 6.45) is -0.240. The van der Waals surface area contributed by atoms with Gasteiger partial charge in [-0.15, -0.1) is 0 Å². The standard InChI is InChI=1S/C18H20ClNO5S/c1-11-4-3-9-20(11,18(24)25)16(22)10-15(26-12(2)21)17(23)13-5-7-14(19)8-6-13/h5-8,11,15H,3-4,9-10H2,1-2H3/p+1/t11-,15?,20?/m1/s1. The van der Waals surface area contributed by atoms with Crippen molar-refractivity contribution in [2.24, 2.45) is 0 Å². The van der Waals surface area contributed by atoms with E-state index in [0.29, 0.717) is 23.4 Å². The van der Waals surface area contributed by atoms with Gasteiger partial charge in [-0.3, -0.25) is 9.59 Å². The van der Waals surface area contributed by atoms with Crippen LogP contribution in [0.2, 0.25) is 5.02 Å². The van der Waals surface area contributed by atoms with Crippen molar-refractivity contribution >= 4 is 46.3 Å². The highest BCUT2D eigenvalue weighted by molar-refractivity contribution is 8.14. The fraction of sp³-hybridized carbons (Fsp3) is 0.444. The lowest BCUT2D eigenvalue weighted by Gasteiger charge is -2.30. The van der Waals surface area contributed by atoms with Gasteiger partial charge in [0, 0.05) is 30.4 Å². The van der Waals surface area contributed by atoms with E-state index in [-0.39, 0.29) is 29.9 Å². The van der Waals surface area contributed by atoms with Crippen LogP contribution in [-0.2, 0) is 9.59 Å². The molecule has 0 saturated carbocycles. The van der Waals surface area contributed by atoms with Crippen LogP contribution in [0.25, 0.3) is 0 Å². The van der Waals surface area contributed by atoms with Crippen molar-refractivity contribution in [2.75, 3.05) is 6.54 Å². The van der Waals surface area contributed by atoms with Gasteiger partial charge in [0.25, 0.3) is 0 Å². The van der Waals surface area contributed by atoms with Crippen molar-refractivity contribution in [3.8, 4) is 0 Å². The molecule has 0 bridgehead atoms. The number of benzene rings is 1. The minimum absolute atomic E-state index is 0.210. The number of nitrogens with zero attached hydrogens (tertiary/aromatic N) is 1. The van der Waals surface area contributed by atoms with Crippen molar-refractivity contribution in [3.63, 3.8) is 0 Å². The van der Waals surface area contributed by atoms with Gasteiger partial charge in [-0.2, -0.15) is 9.28 Å². The third kappa shape index (κ3) is 4.16. The Bertz CT molecular complexity index is 736. The number of ketones is 1. The smallest absolute Gasteiger partial charge is 0.435 e. The second kappa shape index (κ2) is 8.33. The fourth-order valence-electron chi connectivity index (χ4n) is 3.35. The number of carbonyl (C=O) groups excluding carboxylic acids is 3. The van der Waals surface area contributed by atoms with Crippen molar-refractivity contribution < 1.29 is 28.8 Å². The number of halogens is 1. The average molecular weight is 399 g/mol. The lowest BCUT2D eigenvalue weighted by atomic mass is 10.0. The first kappa shape index (κ1) is 20.6. The van der Waals surface area contributed by atoms with Gasteiger partial charge in [-0.05, 0) is 31.2 Å². The Morgan fingerprint density at radius 1 is 1.27 bits per heavy atom. The number of carboxylic acid groups (broad SMARTS) is 1. The number of rotatable bonds is 5. The zero-order valence-electron chi connectivity index (χ0n) is 14.6. The maximum Gasteiger partial charge on any atom is 0.521 e. The number of hydrogen-bond donors (Lipinski definition) is 1. The third-order valence-electron chi connectivity index (χ3n) is 4.76. The Morgan fingerprint density at radius 2 is 1.88 bits per heavy atom. The van der Waals surface area contributed by atoms with E-state index in [4.69, 9.17) is 11.6 Å².